The van der Waals surface area contributed by atoms with Crippen LogP contribution in [0.25, 0.3) is 11.0 Å². The van der Waals surface area contributed by atoms with E-state index in [9.17, 15) is 4.79 Å². The number of amides is 1. The highest BCUT2D eigenvalue weighted by atomic mass is 35.5. The Balaban J connectivity index is 1.67. The summed E-state index contributed by atoms with van der Waals surface area (Å²) < 4.78 is 1.94. The topological polar surface area (TPSA) is 41.4 Å². The van der Waals surface area contributed by atoms with Crippen molar-refractivity contribution >= 4 is 51.7 Å². The molecule has 0 spiro atoms. The van der Waals surface area contributed by atoms with Gasteiger partial charge in [-0.1, -0.05) is 59.9 Å². The van der Waals surface area contributed by atoms with Crippen molar-refractivity contribution in [3.8, 4) is 0 Å². The van der Waals surface area contributed by atoms with Gasteiger partial charge in [0.2, 0.25) is 5.91 Å². The number of halogens is 3. The predicted molar refractivity (Wildman–Crippen MR) is 123 cm³/mol. The SMILES string of the molecule is CCN1CCN(C(=O)Cn2c(Cc3ccccc3Cl)nc3cc(Cl)c(Cl)cc32)CC1. The molecule has 30 heavy (non-hydrogen) atoms. The largest absolute Gasteiger partial charge is 0.339 e. The van der Waals surface area contributed by atoms with Gasteiger partial charge in [-0.05, 0) is 30.3 Å². The van der Waals surface area contributed by atoms with E-state index in [1.54, 1.807) is 12.1 Å². The second-order valence-electron chi connectivity index (χ2n) is 7.45. The Morgan fingerprint density at radius 1 is 1.00 bits per heavy atom. The molecule has 1 amide bonds. The molecule has 158 valence electrons. The molecule has 3 aromatic rings. The number of hydrogen-bond acceptors (Lipinski definition) is 3. The lowest BCUT2D eigenvalue weighted by Crippen LogP contribution is -2.49. The van der Waals surface area contributed by atoms with Crippen LogP contribution in [0.4, 0.5) is 0 Å². The third-order valence-electron chi connectivity index (χ3n) is 5.64. The van der Waals surface area contributed by atoms with E-state index in [0.29, 0.717) is 21.5 Å². The van der Waals surface area contributed by atoms with Crippen LogP contribution >= 0.6 is 34.8 Å². The van der Waals surface area contributed by atoms with E-state index in [2.05, 4.69) is 11.8 Å². The van der Waals surface area contributed by atoms with Crippen LogP contribution in [0.5, 0.6) is 0 Å². The number of piperazine rings is 1. The van der Waals surface area contributed by atoms with Crippen molar-refractivity contribution in [1.29, 1.82) is 0 Å². The molecule has 0 unspecified atom stereocenters. The number of rotatable bonds is 5. The van der Waals surface area contributed by atoms with E-state index in [4.69, 9.17) is 39.8 Å². The standard InChI is InChI=1S/C22H23Cl3N4O/c1-2-27-7-9-28(10-8-27)22(30)14-29-20-13-18(25)17(24)12-19(20)26-21(29)11-15-5-3-4-6-16(15)23/h3-6,12-13H,2,7-11,14H2,1H3. The van der Waals surface area contributed by atoms with Crippen molar-refractivity contribution in [3.63, 3.8) is 0 Å². The minimum atomic E-state index is 0.0801. The first-order valence-corrected chi connectivity index (χ1v) is 11.2. The highest BCUT2D eigenvalue weighted by Gasteiger charge is 2.23. The number of benzene rings is 2. The van der Waals surface area contributed by atoms with Crippen LogP contribution in [-0.4, -0.2) is 58.0 Å². The van der Waals surface area contributed by atoms with E-state index in [1.807, 2.05) is 33.7 Å². The molecular weight excluding hydrogens is 443 g/mol. The number of hydrogen-bond donors (Lipinski definition) is 0. The van der Waals surface area contributed by atoms with Gasteiger partial charge in [0.15, 0.2) is 0 Å². The lowest BCUT2D eigenvalue weighted by molar-refractivity contribution is -0.133. The lowest BCUT2D eigenvalue weighted by Gasteiger charge is -2.34. The van der Waals surface area contributed by atoms with Crippen molar-refractivity contribution in [2.75, 3.05) is 32.7 Å². The number of likely N-dealkylation sites (N-methyl/N-ethyl adjacent to an activating group) is 1. The summed E-state index contributed by atoms with van der Waals surface area (Å²) in [6.45, 7) is 6.65. The third kappa shape index (κ3) is 4.45. The molecule has 5 nitrogen and oxygen atoms in total. The molecular formula is C22H23Cl3N4O. The van der Waals surface area contributed by atoms with Gasteiger partial charge >= 0.3 is 0 Å². The first-order valence-electron chi connectivity index (χ1n) is 10.0. The molecule has 0 N–H and O–H groups in total. The summed E-state index contributed by atoms with van der Waals surface area (Å²) >= 11 is 18.9. The average Bonchev–Trinajstić information content (AvgIpc) is 3.06. The molecule has 2 aromatic carbocycles. The average molecular weight is 466 g/mol. The summed E-state index contributed by atoms with van der Waals surface area (Å²) in [4.78, 5) is 22.1. The van der Waals surface area contributed by atoms with E-state index in [0.717, 1.165) is 55.1 Å². The highest BCUT2D eigenvalue weighted by Crippen LogP contribution is 2.30. The monoisotopic (exact) mass is 464 g/mol. The normalized spacial score (nSPS) is 15.1. The number of carbonyl (C=O) groups is 1. The molecule has 1 aliphatic heterocycles. The summed E-state index contributed by atoms with van der Waals surface area (Å²) in [6, 6.07) is 11.2. The number of fused-ring (bicyclic) bond motifs is 1. The summed E-state index contributed by atoms with van der Waals surface area (Å²) in [5, 5.41) is 1.56. The number of nitrogens with zero attached hydrogens (tertiary/aromatic N) is 4. The van der Waals surface area contributed by atoms with Crippen LogP contribution in [0.1, 0.15) is 18.3 Å². The fourth-order valence-electron chi connectivity index (χ4n) is 3.84. The second-order valence-corrected chi connectivity index (χ2v) is 8.67. The Hall–Kier alpha value is -1.79. The molecule has 4 rings (SSSR count). The molecule has 0 radical (unpaired) electrons. The first-order chi connectivity index (χ1) is 14.5. The van der Waals surface area contributed by atoms with Crippen molar-refractivity contribution in [1.82, 2.24) is 19.4 Å². The maximum absolute atomic E-state index is 13.1. The van der Waals surface area contributed by atoms with Crippen molar-refractivity contribution < 1.29 is 4.79 Å². The zero-order valence-electron chi connectivity index (χ0n) is 16.7. The van der Waals surface area contributed by atoms with E-state index < -0.39 is 0 Å². The van der Waals surface area contributed by atoms with Crippen LogP contribution in [0, 0.1) is 0 Å². The van der Waals surface area contributed by atoms with Gasteiger partial charge in [0.25, 0.3) is 0 Å². The summed E-state index contributed by atoms with van der Waals surface area (Å²) in [7, 11) is 0. The number of carbonyl (C=O) groups excluding carboxylic acids is 1. The fourth-order valence-corrected chi connectivity index (χ4v) is 4.36. The van der Waals surface area contributed by atoms with Crippen LogP contribution in [0.15, 0.2) is 36.4 Å². The Morgan fingerprint density at radius 2 is 1.70 bits per heavy atom. The van der Waals surface area contributed by atoms with Crippen molar-refractivity contribution in [3.05, 3.63) is 62.9 Å². The van der Waals surface area contributed by atoms with Crippen LogP contribution < -0.4 is 0 Å². The van der Waals surface area contributed by atoms with Gasteiger partial charge < -0.3 is 14.4 Å². The Labute approximate surface area is 191 Å². The zero-order chi connectivity index (χ0) is 21.3. The molecule has 1 aliphatic rings. The van der Waals surface area contributed by atoms with Gasteiger partial charge in [0, 0.05) is 37.6 Å². The summed E-state index contributed by atoms with van der Waals surface area (Å²) in [6.07, 6.45) is 0.514. The molecule has 0 atom stereocenters. The van der Waals surface area contributed by atoms with Gasteiger partial charge in [0.1, 0.15) is 12.4 Å². The highest BCUT2D eigenvalue weighted by molar-refractivity contribution is 6.42. The Kier molecular flexibility index (Phi) is 6.54. The molecule has 1 fully saturated rings. The smallest absolute Gasteiger partial charge is 0.242 e. The van der Waals surface area contributed by atoms with Gasteiger partial charge in [0.05, 0.1) is 21.1 Å². The molecule has 1 aromatic heterocycles. The minimum Gasteiger partial charge on any atom is -0.339 e. The maximum atomic E-state index is 13.1. The lowest BCUT2D eigenvalue weighted by atomic mass is 10.1. The van der Waals surface area contributed by atoms with E-state index in [1.165, 1.54) is 0 Å². The molecule has 8 heteroatoms. The van der Waals surface area contributed by atoms with Gasteiger partial charge in [-0.25, -0.2) is 4.98 Å². The van der Waals surface area contributed by atoms with Crippen molar-refractivity contribution in [2.45, 2.75) is 19.9 Å². The maximum Gasteiger partial charge on any atom is 0.242 e. The van der Waals surface area contributed by atoms with Gasteiger partial charge in [-0.3, -0.25) is 4.79 Å². The Bertz CT molecular complexity index is 1070. The number of imidazole rings is 1. The van der Waals surface area contributed by atoms with Gasteiger partial charge in [-0.2, -0.15) is 0 Å². The van der Waals surface area contributed by atoms with E-state index >= 15 is 0 Å². The van der Waals surface area contributed by atoms with Crippen LogP contribution in [0.3, 0.4) is 0 Å². The predicted octanol–water partition coefficient (Wildman–Crippen LogP) is 4.75. The minimum absolute atomic E-state index is 0.0801. The third-order valence-corrected chi connectivity index (χ3v) is 6.73. The van der Waals surface area contributed by atoms with Gasteiger partial charge in [-0.15, -0.1) is 0 Å². The van der Waals surface area contributed by atoms with E-state index in [-0.39, 0.29) is 12.5 Å². The molecule has 2 heterocycles. The van der Waals surface area contributed by atoms with Crippen molar-refractivity contribution in [2.24, 2.45) is 0 Å². The molecule has 1 saturated heterocycles. The summed E-state index contributed by atoms with van der Waals surface area (Å²) in [5.41, 5.74) is 2.47. The zero-order valence-corrected chi connectivity index (χ0v) is 19.0. The first kappa shape index (κ1) is 21.4. The second kappa shape index (κ2) is 9.15. The summed E-state index contributed by atoms with van der Waals surface area (Å²) in [5.74, 6) is 0.841. The number of aromatic nitrogens is 2. The molecule has 0 saturated carbocycles. The van der Waals surface area contributed by atoms with Crippen LogP contribution in [-0.2, 0) is 17.8 Å². The molecule has 0 bridgehead atoms. The van der Waals surface area contributed by atoms with Crippen LogP contribution in [0.2, 0.25) is 15.1 Å². The quantitative estimate of drug-likeness (QED) is 0.546. The fraction of sp³-hybridized carbons (Fsp3) is 0.364. The molecule has 0 aliphatic carbocycles. The Morgan fingerprint density at radius 3 is 2.40 bits per heavy atom.